The number of rotatable bonds is 9. The molecule has 0 saturated heterocycles. The molecule has 0 radical (unpaired) electrons. The van der Waals surface area contributed by atoms with Crippen molar-refractivity contribution >= 4 is 28.9 Å². The van der Waals surface area contributed by atoms with E-state index in [2.05, 4.69) is 19.2 Å². The van der Waals surface area contributed by atoms with Gasteiger partial charge in [0.25, 0.3) is 0 Å². The number of primary amides is 1. The molecule has 0 aliphatic heterocycles. The van der Waals surface area contributed by atoms with Crippen LogP contribution in [0, 0.1) is 23.7 Å². The molecule has 0 spiro atoms. The molecule has 2 fully saturated rings. The third kappa shape index (κ3) is 4.82. The van der Waals surface area contributed by atoms with Gasteiger partial charge < -0.3 is 41.3 Å². The van der Waals surface area contributed by atoms with Crippen LogP contribution in [0.5, 0.6) is 5.75 Å². The fraction of sp³-hybridized carbons (Fsp3) is 0.633. The summed E-state index contributed by atoms with van der Waals surface area (Å²) >= 11 is 0. The van der Waals surface area contributed by atoms with Gasteiger partial charge in [0, 0.05) is 49.4 Å². The van der Waals surface area contributed by atoms with E-state index in [1.165, 1.54) is 0 Å². The summed E-state index contributed by atoms with van der Waals surface area (Å²) in [5, 5.41) is 49.2. The first kappa shape index (κ1) is 31.0. The van der Waals surface area contributed by atoms with E-state index in [-0.39, 0.29) is 29.7 Å². The molecule has 226 valence electrons. The molecule has 11 nitrogen and oxygen atoms in total. The van der Waals surface area contributed by atoms with E-state index in [4.69, 9.17) is 5.73 Å². The number of aliphatic hydroxyl groups is 3. The van der Waals surface area contributed by atoms with E-state index < -0.39 is 58.7 Å². The highest BCUT2D eigenvalue weighted by Gasteiger charge is 2.67. The number of phenols is 1. The van der Waals surface area contributed by atoms with E-state index in [1.807, 2.05) is 25.1 Å². The van der Waals surface area contributed by atoms with Crippen molar-refractivity contribution in [3.63, 3.8) is 0 Å². The Morgan fingerprint density at radius 3 is 2.34 bits per heavy atom. The Kier molecular flexibility index (Phi) is 8.57. The van der Waals surface area contributed by atoms with Crippen LogP contribution in [0.25, 0.3) is 5.76 Å². The number of likely N-dealkylation sites (N-methyl/N-ethyl adjacent to an activating group) is 1. The summed E-state index contributed by atoms with van der Waals surface area (Å²) in [5.74, 6) is -6.90. The number of carbonyl (C=O) groups excluding carboxylic acids is 3. The fourth-order valence-corrected chi connectivity index (χ4v) is 7.23. The molecule has 1 amide bonds. The maximum Gasteiger partial charge on any atom is 0.230 e. The number of Topliss-reactive ketones (excluding diaryl/α,β-unsaturated/α-hetero) is 2. The molecule has 3 aliphatic carbocycles. The summed E-state index contributed by atoms with van der Waals surface area (Å²) in [4.78, 5) is 43.3. The quantitative estimate of drug-likeness (QED) is 0.231. The van der Waals surface area contributed by atoms with Gasteiger partial charge in [-0.2, -0.15) is 0 Å². The minimum Gasteiger partial charge on any atom is -0.507 e. The highest BCUT2D eigenvalue weighted by Crippen LogP contribution is 2.53. The van der Waals surface area contributed by atoms with E-state index in [1.54, 1.807) is 19.0 Å². The molecule has 1 unspecified atom stereocenters. The van der Waals surface area contributed by atoms with Crippen LogP contribution in [0.2, 0.25) is 0 Å². The lowest BCUT2D eigenvalue weighted by Gasteiger charge is -2.53. The lowest BCUT2D eigenvalue weighted by atomic mass is 9.54. The van der Waals surface area contributed by atoms with E-state index >= 15 is 0 Å². The molecule has 2 saturated carbocycles. The number of fused-ring (bicyclic) bond motifs is 3. The molecule has 7 N–H and O–H groups in total. The molecule has 0 bridgehead atoms. The van der Waals surface area contributed by atoms with Crippen LogP contribution < -0.4 is 16.0 Å². The zero-order chi connectivity index (χ0) is 30.5. The normalized spacial score (nSPS) is 29.5. The second-order valence-corrected chi connectivity index (χ2v) is 12.3. The number of anilines is 1. The van der Waals surface area contributed by atoms with Crippen molar-refractivity contribution in [1.82, 2.24) is 10.2 Å². The molecule has 0 aromatic heterocycles. The number of hydrogen-bond donors (Lipinski definition) is 6. The van der Waals surface area contributed by atoms with Crippen LogP contribution in [0.1, 0.15) is 49.8 Å². The van der Waals surface area contributed by atoms with E-state index in [0.717, 1.165) is 25.1 Å². The number of hydrogen-bond acceptors (Lipinski definition) is 10. The van der Waals surface area contributed by atoms with Crippen molar-refractivity contribution in [2.75, 3.05) is 39.6 Å². The topological polar surface area (TPSA) is 177 Å². The average Bonchev–Trinajstić information content (AvgIpc) is 2.89. The zero-order valence-electron chi connectivity index (χ0n) is 24.8. The van der Waals surface area contributed by atoms with Gasteiger partial charge in [0.15, 0.2) is 11.4 Å². The average molecular weight is 573 g/mol. The minimum absolute atomic E-state index is 0.0879. The van der Waals surface area contributed by atoms with Crippen molar-refractivity contribution in [1.29, 1.82) is 0 Å². The monoisotopic (exact) mass is 572 g/mol. The largest absolute Gasteiger partial charge is 0.507 e. The highest BCUT2D eigenvalue weighted by molar-refractivity contribution is 6.25. The standard InChI is InChI=1S/C30H44N4O7/c1-7-14(8-2)12-32-13-16-11-19(33(3)4)17-9-15-10-18-23(34(5)6)26(37)22(29(31)40)28(39)30(18,41)27(38)20(15)25(36)21(17)24(16)35/h11,14-15,18,22-23,26,32,35-37,41H,7-10,12-13H2,1-6H3,(H2,31,40)/t15-,18-,22+,23-,26?,30-/m0/s1. The minimum atomic E-state index is -2.67. The number of aromatic hydroxyl groups is 1. The van der Waals surface area contributed by atoms with Crippen molar-refractivity contribution < 1.29 is 34.8 Å². The van der Waals surface area contributed by atoms with Gasteiger partial charge in [0.1, 0.15) is 17.4 Å². The Balaban J connectivity index is 1.84. The molecule has 1 aromatic rings. The third-order valence-corrected chi connectivity index (χ3v) is 9.53. The van der Waals surface area contributed by atoms with Crippen LogP contribution in [-0.2, 0) is 27.3 Å². The van der Waals surface area contributed by atoms with Gasteiger partial charge in [-0.15, -0.1) is 0 Å². The van der Waals surface area contributed by atoms with Crippen molar-refractivity contribution in [2.45, 2.75) is 63.8 Å². The van der Waals surface area contributed by atoms with Crippen LogP contribution >= 0.6 is 0 Å². The summed E-state index contributed by atoms with van der Waals surface area (Å²) in [5.41, 5.74) is 4.71. The molecular weight excluding hydrogens is 528 g/mol. The van der Waals surface area contributed by atoms with Crippen LogP contribution in [-0.4, -0.2) is 95.3 Å². The van der Waals surface area contributed by atoms with Gasteiger partial charge in [0.2, 0.25) is 11.7 Å². The smallest absolute Gasteiger partial charge is 0.230 e. The molecule has 3 aliphatic rings. The number of nitrogens with zero attached hydrogens (tertiary/aromatic N) is 2. The number of benzene rings is 1. The van der Waals surface area contributed by atoms with Gasteiger partial charge in [0.05, 0.1) is 11.7 Å². The van der Waals surface area contributed by atoms with E-state index in [9.17, 15) is 34.8 Å². The van der Waals surface area contributed by atoms with Gasteiger partial charge in [-0.3, -0.25) is 14.4 Å². The maximum atomic E-state index is 14.1. The van der Waals surface area contributed by atoms with Gasteiger partial charge in [-0.05, 0) is 56.9 Å². The Labute approximate surface area is 241 Å². The van der Waals surface area contributed by atoms with Crippen LogP contribution in [0.15, 0.2) is 11.6 Å². The number of nitrogens with one attached hydrogen (secondary N) is 1. The lowest BCUT2D eigenvalue weighted by molar-refractivity contribution is -0.184. The Bertz CT molecular complexity index is 1270. The number of phenolic OH excluding ortho intramolecular Hbond substituents is 1. The lowest BCUT2D eigenvalue weighted by Crippen LogP contribution is -2.73. The first-order valence-corrected chi connectivity index (χ1v) is 14.4. The van der Waals surface area contributed by atoms with Crippen LogP contribution in [0.4, 0.5) is 5.69 Å². The predicted octanol–water partition coefficient (Wildman–Crippen LogP) is 0.721. The second kappa shape index (κ2) is 11.4. The Morgan fingerprint density at radius 1 is 1.17 bits per heavy atom. The molecule has 0 heterocycles. The Hall–Kier alpha value is -2.99. The summed E-state index contributed by atoms with van der Waals surface area (Å²) in [6, 6.07) is 0.955. The SMILES string of the molecule is CCC(CC)CNCc1cc(N(C)C)c2c(c1O)C(O)=C1C(=O)[C@]3(O)C(=O)[C@H](C(N)=O)C(O)[C@@H](N(C)C)[C@@H]3C[C@@H]1C2. The molecule has 6 atom stereocenters. The first-order chi connectivity index (χ1) is 19.2. The number of nitrogens with two attached hydrogens (primary N) is 1. The summed E-state index contributed by atoms with van der Waals surface area (Å²) in [6.45, 7) is 5.34. The van der Waals surface area contributed by atoms with Gasteiger partial charge in [-0.25, -0.2) is 0 Å². The van der Waals surface area contributed by atoms with Gasteiger partial charge >= 0.3 is 0 Å². The molecular formula is C30H44N4O7. The molecule has 11 heteroatoms. The van der Waals surface area contributed by atoms with Crippen LogP contribution in [0.3, 0.4) is 0 Å². The first-order valence-electron chi connectivity index (χ1n) is 14.4. The number of carbonyl (C=O) groups is 3. The summed E-state index contributed by atoms with van der Waals surface area (Å²) in [7, 11) is 6.98. The highest BCUT2D eigenvalue weighted by atomic mass is 16.3. The number of aliphatic hydroxyl groups excluding tert-OH is 2. The Morgan fingerprint density at radius 2 is 1.80 bits per heavy atom. The molecule has 4 rings (SSSR count). The van der Waals surface area contributed by atoms with E-state index in [0.29, 0.717) is 23.6 Å². The summed E-state index contributed by atoms with van der Waals surface area (Å²) < 4.78 is 0. The van der Waals surface area contributed by atoms with Crippen molar-refractivity contribution in [3.05, 3.63) is 28.3 Å². The fourth-order valence-electron chi connectivity index (χ4n) is 7.23. The molecule has 41 heavy (non-hydrogen) atoms. The third-order valence-electron chi connectivity index (χ3n) is 9.53. The maximum absolute atomic E-state index is 14.1. The van der Waals surface area contributed by atoms with Crippen molar-refractivity contribution in [2.24, 2.45) is 29.4 Å². The number of amides is 1. The summed E-state index contributed by atoms with van der Waals surface area (Å²) in [6.07, 6.45) is 0.872. The molecule has 1 aromatic carbocycles. The van der Waals surface area contributed by atoms with Crippen molar-refractivity contribution in [3.8, 4) is 5.75 Å². The number of ketones is 2. The predicted molar refractivity (Wildman–Crippen MR) is 154 cm³/mol. The van der Waals surface area contributed by atoms with Gasteiger partial charge in [-0.1, -0.05) is 26.7 Å². The second-order valence-electron chi connectivity index (χ2n) is 12.3. The zero-order valence-corrected chi connectivity index (χ0v) is 24.8.